The van der Waals surface area contributed by atoms with Crippen molar-refractivity contribution < 1.29 is 35.9 Å². The fourth-order valence-electron chi connectivity index (χ4n) is 4.19. The van der Waals surface area contributed by atoms with Crippen LogP contribution in [0.1, 0.15) is 42.5 Å². The molecular weight excluding hydrogens is 471 g/mol. The molecule has 0 aromatic heterocycles. The lowest BCUT2D eigenvalue weighted by atomic mass is 9.94. The topological polar surface area (TPSA) is 81.7 Å². The van der Waals surface area contributed by atoms with E-state index in [0.29, 0.717) is 45.0 Å². The SMILES string of the molecule is O=C(NC1=CC(F)=C(F)C(F)C1)c1ccc(Cl)c(S(=O)(=O)C2CCC3(CC2)OCCO3)c1. The van der Waals surface area contributed by atoms with Crippen molar-refractivity contribution in [3.8, 4) is 0 Å². The molecule has 1 amide bonds. The van der Waals surface area contributed by atoms with Crippen LogP contribution in [0.3, 0.4) is 0 Å². The largest absolute Gasteiger partial charge is 0.348 e. The Kier molecular flexibility index (Phi) is 6.41. The van der Waals surface area contributed by atoms with Crippen molar-refractivity contribution in [1.82, 2.24) is 5.32 Å². The zero-order chi connectivity index (χ0) is 23.1. The Labute approximate surface area is 188 Å². The lowest BCUT2D eigenvalue weighted by molar-refractivity contribution is -0.176. The average Bonchev–Trinajstić information content (AvgIpc) is 3.20. The van der Waals surface area contributed by atoms with E-state index in [1.807, 2.05) is 0 Å². The maximum Gasteiger partial charge on any atom is 0.255 e. The van der Waals surface area contributed by atoms with Gasteiger partial charge in [0.2, 0.25) is 0 Å². The second kappa shape index (κ2) is 8.81. The molecule has 4 rings (SSSR count). The highest BCUT2D eigenvalue weighted by Crippen LogP contribution is 2.40. The molecule has 1 aromatic carbocycles. The molecule has 32 heavy (non-hydrogen) atoms. The third-order valence-corrected chi connectivity index (χ3v) is 8.67. The molecule has 1 heterocycles. The summed E-state index contributed by atoms with van der Waals surface area (Å²) in [5, 5.41) is 1.55. The summed E-state index contributed by atoms with van der Waals surface area (Å²) in [6, 6.07) is 3.73. The van der Waals surface area contributed by atoms with Gasteiger partial charge in [-0.3, -0.25) is 4.79 Å². The first-order chi connectivity index (χ1) is 15.1. The number of nitrogens with one attached hydrogen (secondary N) is 1. The molecule has 2 aliphatic carbocycles. The highest BCUT2D eigenvalue weighted by molar-refractivity contribution is 7.92. The van der Waals surface area contributed by atoms with Crippen LogP contribution in [0.5, 0.6) is 0 Å². The van der Waals surface area contributed by atoms with Crippen LogP contribution in [0.25, 0.3) is 0 Å². The zero-order valence-corrected chi connectivity index (χ0v) is 18.4. The number of halogens is 4. The molecule has 6 nitrogen and oxygen atoms in total. The number of allylic oxidation sites excluding steroid dienone is 4. The maximum absolute atomic E-state index is 13.5. The average molecular weight is 492 g/mol. The van der Waals surface area contributed by atoms with E-state index in [1.165, 1.54) is 12.1 Å². The number of carbonyl (C=O) groups excluding carboxylic acids is 1. The number of amides is 1. The normalized spacial score (nSPS) is 24.0. The van der Waals surface area contributed by atoms with E-state index in [0.717, 1.165) is 6.07 Å². The molecule has 11 heteroatoms. The van der Waals surface area contributed by atoms with Crippen molar-refractivity contribution in [1.29, 1.82) is 0 Å². The molecule has 1 aromatic rings. The minimum Gasteiger partial charge on any atom is -0.348 e. The third kappa shape index (κ3) is 4.46. The van der Waals surface area contributed by atoms with Gasteiger partial charge in [0, 0.05) is 30.5 Å². The van der Waals surface area contributed by atoms with Crippen LogP contribution in [0.2, 0.25) is 5.02 Å². The van der Waals surface area contributed by atoms with Crippen molar-refractivity contribution in [2.75, 3.05) is 13.2 Å². The van der Waals surface area contributed by atoms with Crippen LogP contribution in [-0.2, 0) is 19.3 Å². The molecule has 1 atom stereocenters. The second-order valence-electron chi connectivity index (χ2n) is 7.99. The molecule has 0 bridgehead atoms. The Morgan fingerprint density at radius 1 is 1.16 bits per heavy atom. The molecule has 1 unspecified atom stereocenters. The summed E-state index contributed by atoms with van der Waals surface area (Å²) in [5.74, 6) is -4.43. The zero-order valence-electron chi connectivity index (χ0n) is 16.9. The summed E-state index contributed by atoms with van der Waals surface area (Å²) in [5.41, 5.74) is -0.218. The quantitative estimate of drug-likeness (QED) is 0.679. The predicted octanol–water partition coefficient (Wildman–Crippen LogP) is 4.31. The van der Waals surface area contributed by atoms with Gasteiger partial charge in [-0.25, -0.2) is 21.6 Å². The van der Waals surface area contributed by atoms with Crippen LogP contribution in [-0.4, -0.2) is 44.7 Å². The molecule has 1 spiro atoms. The molecule has 1 N–H and O–H groups in total. The summed E-state index contributed by atoms with van der Waals surface area (Å²) in [6.45, 7) is 0.957. The molecule has 174 valence electrons. The van der Waals surface area contributed by atoms with Crippen molar-refractivity contribution in [3.63, 3.8) is 0 Å². The van der Waals surface area contributed by atoms with E-state index in [2.05, 4.69) is 5.32 Å². The van der Waals surface area contributed by atoms with Gasteiger partial charge in [-0.1, -0.05) is 11.6 Å². The molecule has 3 aliphatic rings. The third-order valence-electron chi connectivity index (χ3n) is 5.92. The second-order valence-corrected chi connectivity index (χ2v) is 10.6. The van der Waals surface area contributed by atoms with Crippen LogP contribution >= 0.6 is 11.6 Å². The van der Waals surface area contributed by atoms with E-state index in [1.54, 1.807) is 0 Å². The fourth-order valence-corrected chi connectivity index (χ4v) is 6.47. The first-order valence-electron chi connectivity index (χ1n) is 10.1. The molecule has 1 saturated carbocycles. The summed E-state index contributed by atoms with van der Waals surface area (Å²) >= 11 is 6.15. The summed E-state index contributed by atoms with van der Waals surface area (Å²) in [7, 11) is -3.87. The van der Waals surface area contributed by atoms with Gasteiger partial charge in [0.15, 0.2) is 33.4 Å². The summed E-state index contributed by atoms with van der Waals surface area (Å²) in [6.07, 6.45) is -0.543. The molecule has 1 aliphatic heterocycles. The number of alkyl halides is 1. The minimum absolute atomic E-state index is 0.0352. The highest BCUT2D eigenvalue weighted by Gasteiger charge is 2.44. The summed E-state index contributed by atoms with van der Waals surface area (Å²) < 4.78 is 77.9. The lowest BCUT2D eigenvalue weighted by Gasteiger charge is -2.35. The smallest absolute Gasteiger partial charge is 0.255 e. The molecular formula is C21H21ClF3NO5S. The number of benzene rings is 1. The van der Waals surface area contributed by atoms with Crippen LogP contribution in [0.15, 0.2) is 46.5 Å². The Morgan fingerprint density at radius 2 is 1.81 bits per heavy atom. The van der Waals surface area contributed by atoms with Gasteiger partial charge in [-0.15, -0.1) is 0 Å². The van der Waals surface area contributed by atoms with Gasteiger partial charge >= 0.3 is 0 Å². The van der Waals surface area contributed by atoms with Gasteiger partial charge in [-0.2, -0.15) is 0 Å². The van der Waals surface area contributed by atoms with Crippen molar-refractivity contribution in [2.24, 2.45) is 0 Å². The van der Waals surface area contributed by atoms with Gasteiger partial charge in [0.25, 0.3) is 5.91 Å². The van der Waals surface area contributed by atoms with E-state index in [4.69, 9.17) is 21.1 Å². The Balaban J connectivity index is 1.52. The van der Waals surface area contributed by atoms with Gasteiger partial charge in [0.05, 0.1) is 28.4 Å². The van der Waals surface area contributed by atoms with Gasteiger partial charge in [0.1, 0.15) is 0 Å². The standard InChI is InChI=1S/C21H21ClF3NO5S/c22-15-2-1-12(20(27)26-13-10-16(23)19(25)17(24)11-13)9-18(15)32(28,29)14-3-5-21(6-4-14)30-7-8-31-21/h1-2,9-10,14,17H,3-8,11H2,(H,26,27). The van der Waals surface area contributed by atoms with E-state index in [-0.39, 0.29) is 21.2 Å². The van der Waals surface area contributed by atoms with Crippen molar-refractivity contribution in [2.45, 2.75) is 54.2 Å². The van der Waals surface area contributed by atoms with Crippen molar-refractivity contribution in [3.05, 3.63) is 52.2 Å². The van der Waals surface area contributed by atoms with Crippen LogP contribution in [0.4, 0.5) is 13.2 Å². The number of rotatable bonds is 4. The van der Waals surface area contributed by atoms with E-state index < -0.39 is 51.0 Å². The van der Waals surface area contributed by atoms with Gasteiger partial charge in [-0.05, 0) is 37.1 Å². The van der Waals surface area contributed by atoms with E-state index in [9.17, 15) is 26.4 Å². The van der Waals surface area contributed by atoms with E-state index >= 15 is 0 Å². The Hall–Kier alpha value is -1.88. The number of hydrogen-bond donors (Lipinski definition) is 1. The van der Waals surface area contributed by atoms with Crippen LogP contribution < -0.4 is 5.32 Å². The number of hydrogen-bond acceptors (Lipinski definition) is 5. The fraction of sp³-hybridized carbons (Fsp3) is 0.476. The Bertz CT molecular complexity index is 1090. The monoisotopic (exact) mass is 491 g/mol. The van der Waals surface area contributed by atoms with Gasteiger partial charge < -0.3 is 14.8 Å². The predicted molar refractivity (Wildman–Crippen MR) is 110 cm³/mol. The number of ether oxygens (including phenoxy) is 2. The molecule has 0 radical (unpaired) electrons. The number of sulfone groups is 1. The van der Waals surface area contributed by atoms with Crippen molar-refractivity contribution >= 4 is 27.3 Å². The first kappa shape index (κ1) is 23.3. The molecule has 2 fully saturated rings. The number of carbonyl (C=O) groups is 1. The Morgan fingerprint density at radius 3 is 2.44 bits per heavy atom. The first-order valence-corrected chi connectivity index (χ1v) is 12.1. The molecule has 1 saturated heterocycles. The summed E-state index contributed by atoms with van der Waals surface area (Å²) in [4.78, 5) is 12.4. The maximum atomic E-state index is 13.5. The minimum atomic E-state index is -3.87. The highest BCUT2D eigenvalue weighted by atomic mass is 35.5. The van der Waals surface area contributed by atoms with Crippen LogP contribution in [0, 0.1) is 0 Å². The lowest BCUT2D eigenvalue weighted by Crippen LogP contribution is -2.39.